The van der Waals surface area contributed by atoms with Gasteiger partial charge in [-0.05, 0) is 240 Å². The van der Waals surface area contributed by atoms with E-state index in [9.17, 15) is 62.3 Å². The number of urea groups is 3. The summed E-state index contributed by atoms with van der Waals surface area (Å²) in [5, 5.41) is 56.8. The van der Waals surface area contributed by atoms with Gasteiger partial charge < -0.3 is 45.8 Å². The monoisotopic (exact) mass is 1540 g/mol. The summed E-state index contributed by atoms with van der Waals surface area (Å²) in [4.78, 5) is 57.1. The molecule has 6 amide bonds. The van der Waals surface area contributed by atoms with Gasteiger partial charge in [-0.2, -0.15) is 29.0 Å². The average molecular weight is 1540 g/mol. The van der Waals surface area contributed by atoms with E-state index >= 15 is 0 Å². The maximum absolute atomic E-state index is 13.8. The van der Waals surface area contributed by atoms with Crippen molar-refractivity contribution in [1.82, 2.24) is 34.4 Å². The maximum atomic E-state index is 13.8. The highest BCUT2D eigenvalue weighted by atomic mass is 35.5. The molecule has 10 aliphatic rings. The van der Waals surface area contributed by atoms with Crippen LogP contribution in [0.1, 0.15) is 135 Å². The van der Waals surface area contributed by atoms with Crippen LogP contribution in [0.15, 0.2) is 121 Å². The zero-order valence-corrected chi connectivity index (χ0v) is 62.3. The third-order valence-corrected chi connectivity index (χ3v) is 26.0. The molecular weight excluding hydrogens is 1450 g/mol. The van der Waals surface area contributed by atoms with Crippen molar-refractivity contribution in [3.63, 3.8) is 0 Å². The Morgan fingerprint density at radius 3 is 1.61 bits per heavy atom. The van der Waals surface area contributed by atoms with Gasteiger partial charge in [-0.15, -0.1) is 0 Å². The number of β-amino-alcohol motifs (C(OH)–C–C–N with tert-alkyl or cyclic N) is 1. The normalized spacial score (nSPS) is 28.2. The number of alkyl halides is 3. The number of piperidine rings is 2. The smallest absolute Gasteiger partial charge is 0.395 e. The lowest BCUT2D eigenvalue weighted by Crippen LogP contribution is -2.49. The third kappa shape index (κ3) is 16.6. The van der Waals surface area contributed by atoms with Gasteiger partial charge in [0.25, 0.3) is 0 Å². The lowest BCUT2D eigenvalue weighted by molar-refractivity contribution is -0.139. The Morgan fingerprint density at radius 2 is 1.09 bits per heavy atom. The summed E-state index contributed by atoms with van der Waals surface area (Å²) in [7, 11) is 0. The van der Waals surface area contributed by atoms with E-state index in [1.807, 2.05) is 64.4 Å². The second-order valence-electron chi connectivity index (χ2n) is 31.5. The Morgan fingerprint density at radius 1 is 0.574 bits per heavy atom. The highest BCUT2D eigenvalue weighted by Gasteiger charge is 2.66. The number of aromatic nitrogens is 1. The van der Waals surface area contributed by atoms with E-state index in [0.29, 0.717) is 110 Å². The van der Waals surface area contributed by atoms with Gasteiger partial charge in [0.15, 0.2) is 0 Å². The van der Waals surface area contributed by atoms with Crippen LogP contribution >= 0.6 is 34.8 Å². The van der Waals surface area contributed by atoms with E-state index in [4.69, 9.17) is 34.8 Å². The molecule has 16 rings (SSSR count). The van der Waals surface area contributed by atoms with E-state index in [0.717, 1.165) is 109 Å². The summed E-state index contributed by atoms with van der Waals surface area (Å²) in [5.74, 6) is 0.490. The fraction of sp³-hybridized carbons (Fsp3) is 0.500. The van der Waals surface area contributed by atoms with Crippen LogP contribution in [0.2, 0.25) is 15.3 Å². The quantitative estimate of drug-likeness (QED) is 0.0377. The number of carbonyl (C=O) groups is 3. The van der Waals surface area contributed by atoms with Crippen molar-refractivity contribution in [2.45, 2.75) is 149 Å². The molecule has 1 unspecified atom stereocenters. The Bertz CT molecular complexity index is 4460. The molecule has 3 saturated heterocycles. The summed E-state index contributed by atoms with van der Waals surface area (Å²) >= 11 is 18.1. The zero-order chi connectivity index (χ0) is 75.8. The van der Waals surface area contributed by atoms with Crippen LogP contribution in [0, 0.1) is 75.2 Å². The van der Waals surface area contributed by atoms with Crippen molar-refractivity contribution in [1.29, 1.82) is 15.8 Å². The number of likely N-dealkylation sites (tertiary alicyclic amines) is 3. The molecule has 18 nitrogen and oxygen atoms in total. The number of nitrogens with zero attached hydrogens (tertiary/aromatic N) is 10. The number of aliphatic hydroxyl groups excluding tert-OH is 2. The molecule has 7 aliphatic carbocycles. The average Bonchev–Trinajstić information content (AvgIpc) is 1.55. The summed E-state index contributed by atoms with van der Waals surface area (Å²) in [6.07, 6.45) is 9.71. The molecule has 10 fully saturated rings. The number of amides is 6. The van der Waals surface area contributed by atoms with Crippen molar-refractivity contribution in [2.75, 3.05) is 94.5 Å². The number of pyridine rings is 1. The lowest BCUT2D eigenvalue weighted by Gasteiger charge is -2.38. The molecule has 4 heterocycles. The Labute approximate surface area is 641 Å². The second-order valence-corrected chi connectivity index (χ2v) is 32.6. The molecule has 5 N–H and O–H groups in total. The number of anilines is 3. The predicted octanol–water partition coefficient (Wildman–Crippen LogP) is 15.4. The first-order valence-corrected chi connectivity index (χ1v) is 39.0. The largest absolute Gasteiger partial charge is 0.419 e. The molecule has 108 heavy (non-hydrogen) atoms. The van der Waals surface area contributed by atoms with E-state index in [2.05, 4.69) is 66.0 Å². The zero-order valence-electron chi connectivity index (χ0n) is 60.0. The number of carbonyl (C=O) groups excluding carboxylic acids is 3. The number of aliphatic hydroxyl groups is 2. The first-order chi connectivity index (χ1) is 52.0. The Balaban J connectivity index is 0.000000136. The van der Waals surface area contributed by atoms with E-state index in [1.54, 1.807) is 29.2 Å². The number of halogens is 8. The van der Waals surface area contributed by atoms with Crippen LogP contribution in [-0.4, -0.2) is 172 Å². The molecule has 7 saturated carbocycles. The first-order valence-electron chi connectivity index (χ1n) is 37.9. The summed E-state index contributed by atoms with van der Waals surface area (Å²) in [6.45, 7) is 8.33. The van der Waals surface area contributed by atoms with Crippen LogP contribution in [0.25, 0.3) is 0 Å². The number of rotatable bonds is 19. The highest BCUT2D eigenvalue weighted by molar-refractivity contribution is 6.33. The minimum absolute atomic E-state index is 0.00267. The molecule has 3 aliphatic heterocycles. The fourth-order valence-electron chi connectivity index (χ4n) is 19.4. The molecule has 0 spiro atoms. The first kappa shape index (κ1) is 76.6. The summed E-state index contributed by atoms with van der Waals surface area (Å²) < 4.78 is 67.0. The van der Waals surface area contributed by atoms with Gasteiger partial charge in [0.1, 0.15) is 21.9 Å². The molecule has 0 bridgehead atoms. The Kier molecular flexibility index (Phi) is 22.7. The number of fused-ring (bicyclic) bond motifs is 4. The van der Waals surface area contributed by atoms with Crippen molar-refractivity contribution in [3.8, 4) is 18.2 Å². The van der Waals surface area contributed by atoms with Crippen molar-refractivity contribution in [3.05, 3.63) is 187 Å². The third-order valence-electron chi connectivity index (χ3n) is 25.3. The number of hydrogen-bond acceptors (Lipinski definition) is 12. The van der Waals surface area contributed by atoms with E-state index < -0.39 is 35.5 Å². The van der Waals surface area contributed by atoms with Crippen LogP contribution < -0.4 is 16.0 Å². The minimum atomic E-state index is -4.88. The van der Waals surface area contributed by atoms with Crippen molar-refractivity contribution < 1.29 is 46.5 Å². The summed E-state index contributed by atoms with van der Waals surface area (Å²) in [6, 6.07) is 39.6. The van der Waals surface area contributed by atoms with Gasteiger partial charge in [0.2, 0.25) is 0 Å². The molecule has 0 radical (unpaired) electrons. The standard InChI is InChI=1S/C28H31Cl2N5O2.C27H30ClFN4O.C27H28F4N4O2/c29-25-11-21(12-26(30)33-25)32-27(37)35(7-6-34-15-18-9-23(18)24(34)16-36)22-4-5-28(13-20(28)10-22)19-3-1-2-17(8-19)14-31;28-23-16-21(7-8-24(23)29)31-26(34)33(14-13-32-11-2-1-3-12-32)25-9-10-27(17-22(25)27)20-6-4-5-19(15-20)18-30;28-23-5-4-19(13-21(23)27(29,30)31)33-25(37)35(11-10-34-9-7-20(36)16-34)24-6-8-26(14-22(24)26)18-3-1-2-17(12-18)15-32/h1-3,8,11-12,18,20,22-24,36H,4-7,9-10,13,15-16H2,(H,32,33,37);4-8,15-16,22,25H,1-3,9-14,17H2,(H,31,34);1-5,12-13,20,22,24,36H,6-11,14,16H2,(H,33,37)/t18-,20?,22-,23+,24-,28+;22-,25-,27-;20-,22-,24-,26-/m111/s1. The fourth-order valence-corrected chi connectivity index (χ4v) is 20.0. The number of nitriles is 3. The molecule has 13 atom stereocenters. The van der Waals surface area contributed by atoms with Crippen molar-refractivity contribution in [2.24, 2.45) is 29.6 Å². The predicted molar refractivity (Wildman–Crippen MR) is 402 cm³/mol. The van der Waals surface area contributed by atoms with Gasteiger partial charge >= 0.3 is 24.3 Å². The number of nitrogens with one attached hydrogen (secondary N) is 3. The Hall–Kier alpha value is -8.15. The van der Waals surface area contributed by atoms with Gasteiger partial charge in [-0.3, -0.25) is 9.80 Å². The molecule has 6 aromatic rings. The molecule has 1 aromatic heterocycles. The van der Waals surface area contributed by atoms with Gasteiger partial charge in [-0.25, -0.2) is 28.1 Å². The van der Waals surface area contributed by atoms with Gasteiger partial charge in [0, 0.05) is 111 Å². The van der Waals surface area contributed by atoms with E-state index in [1.165, 1.54) is 48.9 Å². The molecule has 568 valence electrons. The summed E-state index contributed by atoms with van der Waals surface area (Å²) in [5.41, 5.74) is 5.11. The minimum Gasteiger partial charge on any atom is -0.395 e. The molecule has 5 aromatic carbocycles. The lowest BCUT2D eigenvalue weighted by atomic mass is 9.80. The number of hydrogen-bond donors (Lipinski definition) is 5. The van der Waals surface area contributed by atoms with Gasteiger partial charge in [-0.1, -0.05) is 77.6 Å². The molecular formula is C82H89Cl3F5N13O5. The molecule has 26 heteroatoms. The van der Waals surface area contributed by atoms with Crippen LogP contribution in [0.4, 0.5) is 53.4 Å². The SMILES string of the molecule is N#Cc1cccc([C@@]23CC[C@@H](N(CCN4C[C@H]5C[C@@H]5[C@H]4CO)C(=O)Nc4cc(Cl)nc(Cl)c4)CC2C3)c1.N#Cc1cccc([C@]23CC[C@@H](N(CCN4CCCCC4)C(=O)Nc4ccc(F)c(Cl)c4)[C@H]2C3)c1.N#Cc1cccc([C@]23CC[C@@H](N(CCN4CC[C@@H](O)C4)C(=O)Nc4ccc(F)c(C(F)(F)F)c4)[C@H]2C3)c1. The van der Waals surface area contributed by atoms with Gasteiger partial charge in [0.05, 0.1) is 58.2 Å². The van der Waals surface area contributed by atoms with Crippen LogP contribution in [0.3, 0.4) is 0 Å². The van der Waals surface area contributed by atoms with Crippen LogP contribution in [-0.2, 0) is 22.4 Å². The van der Waals surface area contributed by atoms with Crippen LogP contribution in [0.5, 0.6) is 0 Å². The topological polar surface area (TPSA) is 231 Å². The van der Waals surface area contributed by atoms with E-state index in [-0.39, 0.29) is 86.0 Å². The van der Waals surface area contributed by atoms with Crippen molar-refractivity contribution >= 4 is 70.0 Å². The highest BCUT2D eigenvalue weighted by Crippen LogP contribution is 2.67. The number of benzene rings is 5. The second kappa shape index (κ2) is 32.0. The maximum Gasteiger partial charge on any atom is 0.419 e.